The lowest BCUT2D eigenvalue weighted by Gasteiger charge is -2.24. The number of rotatable bonds is 11. The van der Waals surface area contributed by atoms with E-state index in [2.05, 4.69) is 13.8 Å². The first-order chi connectivity index (χ1) is 20.3. The van der Waals surface area contributed by atoms with E-state index < -0.39 is 17.7 Å². The number of aromatic nitrogens is 1. The Balaban J connectivity index is 1.65. The molecule has 8 nitrogen and oxygen atoms in total. The van der Waals surface area contributed by atoms with Gasteiger partial charge in [0.2, 0.25) is 0 Å². The molecule has 0 bridgehead atoms. The minimum absolute atomic E-state index is 0.0172. The number of ketones is 1. The molecule has 0 saturated carbocycles. The molecule has 1 N–H and O–H groups in total. The van der Waals surface area contributed by atoms with E-state index in [0.717, 1.165) is 11.1 Å². The Labute approximate surface area is 249 Å². The molecule has 218 valence electrons. The lowest BCUT2D eigenvalue weighted by molar-refractivity contribution is -0.132. The van der Waals surface area contributed by atoms with Gasteiger partial charge in [-0.2, -0.15) is 0 Å². The number of carbonyl (C=O) groups excluding carboxylic acids is 2. The lowest BCUT2D eigenvalue weighted by Crippen LogP contribution is -2.29. The van der Waals surface area contributed by atoms with Gasteiger partial charge in [-0.3, -0.25) is 14.5 Å². The van der Waals surface area contributed by atoms with Crippen LogP contribution in [0.3, 0.4) is 0 Å². The van der Waals surface area contributed by atoms with Crippen LogP contribution in [0.1, 0.15) is 51.3 Å². The number of hydrogen-bond donors (Lipinski definition) is 1. The van der Waals surface area contributed by atoms with E-state index >= 15 is 0 Å². The molecular weight excluding hydrogens is 552 g/mol. The molecule has 1 fully saturated rings. The number of aliphatic hydroxyl groups is 1. The van der Waals surface area contributed by atoms with E-state index in [1.54, 1.807) is 42.5 Å². The number of fused-ring (bicyclic) bond motifs is 1. The predicted molar refractivity (Wildman–Crippen MR) is 165 cm³/mol. The van der Waals surface area contributed by atoms with Crippen molar-refractivity contribution in [2.75, 3.05) is 24.7 Å². The van der Waals surface area contributed by atoms with Crippen molar-refractivity contribution in [2.45, 2.75) is 40.2 Å². The molecule has 1 saturated heterocycles. The Hall–Kier alpha value is -4.37. The number of ether oxygens (including phenoxy) is 3. The van der Waals surface area contributed by atoms with Gasteiger partial charge in [0.1, 0.15) is 11.5 Å². The third-order valence-electron chi connectivity index (χ3n) is 6.89. The fourth-order valence-electron chi connectivity index (χ4n) is 4.84. The van der Waals surface area contributed by atoms with Gasteiger partial charge in [-0.25, -0.2) is 4.98 Å². The Morgan fingerprint density at radius 3 is 2.43 bits per heavy atom. The van der Waals surface area contributed by atoms with Gasteiger partial charge >= 0.3 is 5.91 Å². The summed E-state index contributed by atoms with van der Waals surface area (Å²) in [7, 11) is 0. The largest absolute Gasteiger partial charge is 0.507 e. The number of benzene rings is 3. The van der Waals surface area contributed by atoms with E-state index in [9.17, 15) is 14.7 Å². The van der Waals surface area contributed by atoms with Crippen molar-refractivity contribution >= 4 is 44.1 Å². The van der Waals surface area contributed by atoms with Crippen LogP contribution < -0.4 is 19.1 Å². The number of carbonyl (C=O) groups is 2. The average Bonchev–Trinajstić information content (AvgIpc) is 3.51. The summed E-state index contributed by atoms with van der Waals surface area (Å²) in [6.07, 6.45) is 0.882. The number of hydrogen-bond acceptors (Lipinski definition) is 8. The van der Waals surface area contributed by atoms with Crippen LogP contribution in [-0.4, -0.2) is 41.6 Å². The Bertz CT molecular complexity index is 1630. The molecule has 9 heteroatoms. The first kappa shape index (κ1) is 29.1. The van der Waals surface area contributed by atoms with Crippen molar-refractivity contribution < 1.29 is 28.9 Å². The van der Waals surface area contributed by atoms with Gasteiger partial charge in [0, 0.05) is 5.56 Å². The van der Waals surface area contributed by atoms with Gasteiger partial charge in [-0.15, -0.1) is 0 Å². The molecular formula is C33H34N2O6S. The molecule has 1 unspecified atom stereocenters. The van der Waals surface area contributed by atoms with Gasteiger partial charge in [0.25, 0.3) is 5.78 Å². The van der Waals surface area contributed by atoms with Crippen molar-refractivity contribution in [1.29, 1.82) is 0 Å². The van der Waals surface area contributed by atoms with E-state index in [-0.39, 0.29) is 11.3 Å². The second kappa shape index (κ2) is 12.7. The van der Waals surface area contributed by atoms with Crippen LogP contribution in [0.2, 0.25) is 0 Å². The zero-order valence-electron chi connectivity index (χ0n) is 24.1. The van der Waals surface area contributed by atoms with Crippen LogP contribution >= 0.6 is 11.3 Å². The average molecular weight is 587 g/mol. The highest BCUT2D eigenvalue weighted by molar-refractivity contribution is 7.22. The highest BCUT2D eigenvalue weighted by Gasteiger charge is 2.48. The molecule has 0 spiro atoms. The first-order valence-electron chi connectivity index (χ1n) is 14.1. The molecule has 1 aromatic heterocycles. The van der Waals surface area contributed by atoms with Crippen molar-refractivity contribution in [1.82, 2.24) is 4.98 Å². The topological polar surface area (TPSA) is 98.2 Å². The summed E-state index contributed by atoms with van der Waals surface area (Å²) in [6.45, 7) is 9.49. The molecule has 42 heavy (non-hydrogen) atoms. The zero-order valence-corrected chi connectivity index (χ0v) is 24.9. The number of amides is 1. The molecule has 2 heterocycles. The molecule has 0 radical (unpaired) electrons. The SMILES string of the molecule is CCOc1ccc2nc(N3C(=O)C(=O)C(=C(O)c4ccccc4)C3c3ccc(OCCC(C)C)c(OCC)c3)sc2c1. The Morgan fingerprint density at radius 2 is 1.71 bits per heavy atom. The predicted octanol–water partition coefficient (Wildman–Crippen LogP) is 7.14. The molecule has 4 aromatic rings. The standard InChI is InChI=1S/C33H34N2O6S/c1-5-39-23-13-14-24-27(19-23)42-33(34-24)35-29(28(31(37)32(35)38)30(36)21-10-8-7-9-11-21)22-12-15-25(26(18-22)40-6-2)41-17-16-20(3)4/h7-15,18-20,29,36H,5-6,16-17H2,1-4H3. The summed E-state index contributed by atoms with van der Waals surface area (Å²) in [4.78, 5) is 33.4. The van der Waals surface area contributed by atoms with Crippen LogP contribution in [0.15, 0.2) is 72.3 Å². The van der Waals surface area contributed by atoms with Gasteiger partial charge < -0.3 is 19.3 Å². The second-order valence-electron chi connectivity index (χ2n) is 10.3. The maximum absolute atomic E-state index is 13.7. The summed E-state index contributed by atoms with van der Waals surface area (Å²) >= 11 is 1.28. The highest BCUT2D eigenvalue weighted by Crippen LogP contribution is 2.46. The molecule has 1 amide bonds. The monoisotopic (exact) mass is 586 g/mol. The van der Waals surface area contributed by atoms with Crippen molar-refractivity contribution in [3.05, 3.63) is 83.4 Å². The third kappa shape index (κ3) is 5.83. The highest BCUT2D eigenvalue weighted by atomic mass is 32.1. The van der Waals surface area contributed by atoms with Crippen LogP contribution in [0.25, 0.3) is 16.0 Å². The van der Waals surface area contributed by atoms with E-state index in [0.29, 0.717) is 64.8 Å². The van der Waals surface area contributed by atoms with Gasteiger partial charge in [-0.05, 0) is 62.1 Å². The summed E-state index contributed by atoms with van der Waals surface area (Å²) in [5.41, 5.74) is 1.67. The number of thiazole rings is 1. The number of anilines is 1. The van der Waals surface area contributed by atoms with E-state index in [1.165, 1.54) is 16.2 Å². The van der Waals surface area contributed by atoms with Crippen LogP contribution in [-0.2, 0) is 9.59 Å². The normalized spacial score (nSPS) is 16.4. The Kier molecular flexibility index (Phi) is 8.77. The number of Topliss-reactive ketones (excluding diaryl/α,β-unsaturated/α-hetero) is 1. The van der Waals surface area contributed by atoms with Crippen LogP contribution in [0, 0.1) is 5.92 Å². The zero-order chi connectivity index (χ0) is 29.8. The van der Waals surface area contributed by atoms with Gasteiger partial charge in [0.15, 0.2) is 16.6 Å². The summed E-state index contributed by atoms with van der Waals surface area (Å²) in [6, 6.07) is 18.7. The maximum atomic E-state index is 13.7. The second-order valence-corrected chi connectivity index (χ2v) is 11.3. The fraction of sp³-hybridized carbons (Fsp3) is 0.303. The molecule has 3 aromatic carbocycles. The van der Waals surface area contributed by atoms with Crippen LogP contribution in [0.5, 0.6) is 17.2 Å². The molecule has 1 atom stereocenters. The van der Waals surface area contributed by atoms with E-state index in [1.807, 2.05) is 38.1 Å². The summed E-state index contributed by atoms with van der Waals surface area (Å²) < 4.78 is 18.4. The third-order valence-corrected chi connectivity index (χ3v) is 7.91. The van der Waals surface area contributed by atoms with Crippen LogP contribution in [0.4, 0.5) is 5.13 Å². The van der Waals surface area contributed by atoms with E-state index in [4.69, 9.17) is 19.2 Å². The summed E-state index contributed by atoms with van der Waals surface area (Å²) in [5, 5.41) is 11.8. The van der Waals surface area contributed by atoms with Gasteiger partial charge in [-0.1, -0.05) is 61.6 Å². The van der Waals surface area contributed by atoms with Crippen molar-refractivity contribution in [3.8, 4) is 17.2 Å². The summed E-state index contributed by atoms with van der Waals surface area (Å²) in [5.74, 6) is 0.437. The minimum atomic E-state index is -0.943. The number of nitrogens with zero attached hydrogens (tertiary/aromatic N) is 2. The molecule has 1 aliphatic rings. The Morgan fingerprint density at radius 1 is 0.952 bits per heavy atom. The molecule has 1 aliphatic heterocycles. The van der Waals surface area contributed by atoms with Crippen molar-refractivity contribution in [2.24, 2.45) is 5.92 Å². The molecule has 5 rings (SSSR count). The number of aliphatic hydroxyl groups excluding tert-OH is 1. The quantitative estimate of drug-likeness (QED) is 0.113. The smallest absolute Gasteiger partial charge is 0.301 e. The lowest BCUT2D eigenvalue weighted by atomic mass is 9.95. The first-order valence-corrected chi connectivity index (χ1v) is 14.9. The minimum Gasteiger partial charge on any atom is -0.507 e. The fourth-order valence-corrected chi connectivity index (χ4v) is 5.86. The molecule has 0 aliphatic carbocycles. The van der Waals surface area contributed by atoms with Crippen molar-refractivity contribution in [3.63, 3.8) is 0 Å². The van der Waals surface area contributed by atoms with Gasteiger partial charge in [0.05, 0.1) is 41.7 Å². The maximum Gasteiger partial charge on any atom is 0.301 e.